The van der Waals surface area contributed by atoms with E-state index in [4.69, 9.17) is 4.74 Å². The van der Waals surface area contributed by atoms with Gasteiger partial charge in [-0.1, -0.05) is 36.4 Å². The van der Waals surface area contributed by atoms with E-state index in [1.165, 1.54) is 0 Å². The van der Waals surface area contributed by atoms with Gasteiger partial charge in [0.05, 0.1) is 11.1 Å². The van der Waals surface area contributed by atoms with E-state index in [-0.39, 0.29) is 12.0 Å². The Morgan fingerprint density at radius 1 is 0.911 bits per heavy atom. The largest absolute Gasteiger partial charge is 0.465 e. The van der Waals surface area contributed by atoms with Gasteiger partial charge in [-0.2, -0.15) is 0 Å². The Morgan fingerprint density at radius 3 is 2.07 bits per heavy atom. The zero-order chi connectivity index (χ0) is 32.0. The highest BCUT2D eigenvalue weighted by Gasteiger charge is 2.36. The molecular formula is C33H34N6O6. The fourth-order valence-corrected chi connectivity index (χ4v) is 6.22. The number of aliphatic imine (C=N–C) groups is 1. The summed E-state index contributed by atoms with van der Waals surface area (Å²) in [5, 5.41) is 15.9. The van der Waals surface area contributed by atoms with Crippen LogP contribution >= 0.6 is 0 Å². The lowest BCUT2D eigenvalue weighted by Gasteiger charge is -2.34. The third-order valence-electron chi connectivity index (χ3n) is 8.07. The summed E-state index contributed by atoms with van der Waals surface area (Å²) in [4.78, 5) is 56.2. The quantitative estimate of drug-likeness (QED) is 0.170. The van der Waals surface area contributed by atoms with Gasteiger partial charge in [-0.3, -0.25) is 20.2 Å². The molecule has 2 aromatic carbocycles. The van der Waals surface area contributed by atoms with Crippen LogP contribution in [-0.4, -0.2) is 67.8 Å². The number of benzene rings is 2. The van der Waals surface area contributed by atoms with Gasteiger partial charge in [-0.05, 0) is 45.7 Å². The van der Waals surface area contributed by atoms with Gasteiger partial charge in [-0.25, -0.2) is 9.59 Å². The van der Waals surface area contributed by atoms with Gasteiger partial charge >= 0.3 is 12.2 Å². The number of rotatable bonds is 3. The Kier molecular flexibility index (Phi) is 7.43. The number of carbonyl (C=O) groups excluding carboxylic acids is 3. The van der Waals surface area contributed by atoms with Crippen molar-refractivity contribution in [1.82, 2.24) is 24.7 Å². The summed E-state index contributed by atoms with van der Waals surface area (Å²) in [5.74, 6) is -0.957. The fourth-order valence-electron chi connectivity index (χ4n) is 6.22. The summed E-state index contributed by atoms with van der Waals surface area (Å²) in [6.07, 6.45) is 2.82. The number of nitrogens with zero attached hydrogens (tertiary/aromatic N) is 4. The molecule has 4 amide bonds. The van der Waals surface area contributed by atoms with E-state index in [1.54, 1.807) is 25.7 Å². The zero-order valence-electron chi connectivity index (χ0n) is 25.5. The second kappa shape index (κ2) is 11.3. The molecule has 12 nitrogen and oxygen atoms in total. The molecule has 1 saturated heterocycles. The van der Waals surface area contributed by atoms with Crippen LogP contribution in [0.3, 0.4) is 0 Å². The van der Waals surface area contributed by atoms with Crippen LogP contribution in [0, 0.1) is 0 Å². The third kappa shape index (κ3) is 5.66. The van der Waals surface area contributed by atoms with Crippen molar-refractivity contribution >= 4 is 62.9 Å². The number of imide groups is 1. The van der Waals surface area contributed by atoms with E-state index in [1.807, 2.05) is 72.5 Å². The van der Waals surface area contributed by atoms with Crippen LogP contribution in [0.5, 0.6) is 0 Å². The Bertz CT molecular complexity index is 1930. The van der Waals surface area contributed by atoms with Crippen molar-refractivity contribution in [3.63, 3.8) is 0 Å². The lowest BCUT2D eigenvalue weighted by atomic mass is 9.95. The van der Waals surface area contributed by atoms with Crippen LogP contribution in [0.25, 0.3) is 33.0 Å². The Hall–Kier alpha value is -5.39. The molecule has 2 aliphatic rings. The summed E-state index contributed by atoms with van der Waals surface area (Å²) in [5.41, 5.74) is 3.12. The van der Waals surface area contributed by atoms with Crippen molar-refractivity contribution in [2.75, 3.05) is 13.1 Å². The minimum absolute atomic E-state index is 0.00530. The molecule has 0 unspecified atom stereocenters. The van der Waals surface area contributed by atoms with Crippen LogP contribution < -0.4 is 10.6 Å². The van der Waals surface area contributed by atoms with Crippen LogP contribution in [-0.2, 0) is 21.4 Å². The molecule has 12 heteroatoms. The van der Waals surface area contributed by atoms with E-state index in [0.717, 1.165) is 21.8 Å². The topological polar surface area (TPSA) is 147 Å². The first-order chi connectivity index (χ1) is 21.4. The first-order valence-corrected chi connectivity index (χ1v) is 14.7. The van der Waals surface area contributed by atoms with Crippen molar-refractivity contribution in [3.05, 3.63) is 72.1 Å². The molecule has 232 valence electrons. The first kappa shape index (κ1) is 29.7. The number of fused-ring (bicyclic) bond motifs is 2. The molecule has 0 spiro atoms. The van der Waals surface area contributed by atoms with E-state index in [2.05, 4.69) is 20.2 Å². The summed E-state index contributed by atoms with van der Waals surface area (Å²) in [6.45, 7) is 5.95. The molecule has 4 heterocycles. The van der Waals surface area contributed by atoms with Crippen LogP contribution in [0.1, 0.15) is 50.8 Å². The van der Waals surface area contributed by atoms with Crippen molar-refractivity contribution in [1.29, 1.82) is 0 Å². The normalized spacial score (nSPS) is 16.5. The number of aryl methyl sites for hydroxylation is 1. The predicted octanol–water partition coefficient (Wildman–Crippen LogP) is 4.90. The van der Waals surface area contributed by atoms with Gasteiger partial charge in [0.25, 0.3) is 11.8 Å². The number of carbonyl (C=O) groups is 4. The lowest BCUT2D eigenvalue weighted by molar-refractivity contribution is -0.122. The van der Waals surface area contributed by atoms with Crippen LogP contribution in [0.4, 0.5) is 9.59 Å². The average molecular weight is 611 g/mol. The minimum atomic E-state index is -1.33. The van der Waals surface area contributed by atoms with Gasteiger partial charge < -0.3 is 23.9 Å². The molecule has 2 aliphatic heterocycles. The van der Waals surface area contributed by atoms with Gasteiger partial charge in [0.1, 0.15) is 5.60 Å². The molecule has 0 aliphatic carbocycles. The van der Waals surface area contributed by atoms with Gasteiger partial charge in [0, 0.05) is 71.5 Å². The summed E-state index contributed by atoms with van der Waals surface area (Å²) in [6, 6.07) is 15.5. The van der Waals surface area contributed by atoms with Crippen LogP contribution in [0.15, 0.2) is 65.9 Å². The third-order valence-corrected chi connectivity index (χ3v) is 8.07. The number of piperidine rings is 1. The number of likely N-dealkylation sites (tertiary alicyclic amines) is 1. The molecule has 4 aromatic rings. The van der Waals surface area contributed by atoms with E-state index < -0.39 is 29.6 Å². The molecule has 0 saturated carbocycles. The summed E-state index contributed by atoms with van der Waals surface area (Å²) < 4.78 is 9.33. The molecule has 6 rings (SSSR count). The molecule has 0 radical (unpaired) electrons. The number of para-hydroxylation sites is 2. The van der Waals surface area contributed by atoms with Gasteiger partial charge in [0.15, 0.2) is 0 Å². The summed E-state index contributed by atoms with van der Waals surface area (Å²) >= 11 is 0. The fraction of sp³-hybridized carbons (Fsp3) is 0.303. The number of amides is 4. The SMILES string of the molecule is Cn1cc(C2=C(c3cn(C4CCN(/C(=N/C(=O)OC(C)(C)C)NC(=O)O)CC4)c4ccccc34)C(=O)NC2=O)c2ccccc21. The van der Waals surface area contributed by atoms with E-state index in [9.17, 15) is 24.3 Å². The predicted molar refractivity (Wildman–Crippen MR) is 169 cm³/mol. The Balaban J connectivity index is 1.36. The van der Waals surface area contributed by atoms with Crippen molar-refractivity contribution in [3.8, 4) is 0 Å². The molecule has 1 fully saturated rings. The van der Waals surface area contributed by atoms with E-state index >= 15 is 0 Å². The number of carboxylic acid groups (broad SMARTS) is 1. The standard InChI is InChI=1S/C33H34N6O6/c1-33(2,3)45-32(44)36-30(35-31(42)43)38-15-13-19(14-16-38)39-18-23(21-10-6-8-12-25(21)39)27-26(28(40)34-29(27)41)22-17-37(4)24-11-7-5-9-20(22)24/h5-12,17-19H,13-16H2,1-4H3,(H,42,43)(H,34,40,41)(H,35,36,44). The second-order valence-corrected chi connectivity index (χ2v) is 12.2. The number of nitrogens with one attached hydrogen (secondary N) is 2. The Labute approximate surface area is 259 Å². The maximum absolute atomic E-state index is 13.4. The molecule has 2 aromatic heterocycles. The average Bonchev–Trinajstić information content (AvgIpc) is 3.61. The monoisotopic (exact) mass is 610 g/mol. The number of ether oxygens (including phenoxy) is 1. The molecule has 0 atom stereocenters. The van der Waals surface area contributed by atoms with Gasteiger partial charge in [0.2, 0.25) is 5.96 Å². The van der Waals surface area contributed by atoms with Crippen molar-refractivity contribution in [2.45, 2.75) is 45.3 Å². The smallest absolute Gasteiger partial charge is 0.437 e. The van der Waals surface area contributed by atoms with Crippen molar-refractivity contribution in [2.24, 2.45) is 12.0 Å². The molecule has 3 N–H and O–H groups in total. The number of hydrogen-bond acceptors (Lipinski definition) is 5. The van der Waals surface area contributed by atoms with Crippen LogP contribution in [0.2, 0.25) is 0 Å². The Morgan fingerprint density at radius 2 is 1.47 bits per heavy atom. The minimum Gasteiger partial charge on any atom is -0.465 e. The first-order valence-electron chi connectivity index (χ1n) is 14.7. The van der Waals surface area contributed by atoms with Crippen molar-refractivity contribution < 1.29 is 29.0 Å². The molecule has 45 heavy (non-hydrogen) atoms. The number of hydrogen-bond donors (Lipinski definition) is 3. The zero-order valence-corrected chi connectivity index (χ0v) is 25.5. The highest BCUT2D eigenvalue weighted by Crippen LogP contribution is 2.40. The number of aromatic nitrogens is 2. The molecule has 0 bridgehead atoms. The van der Waals surface area contributed by atoms with Gasteiger partial charge in [-0.15, -0.1) is 4.99 Å². The highest BCUT2D eigenvalue weighted by atomic mass is 16.6. The second-order valence-electron chi connectivity index (χ2n) is 12.2. The maximum atomic E-state index is 13.4. The highest BCUT2D eigenvalue weighted by molar-refractivity contribution is 6.50. The van der Waals surface area contributed by atoms with E-state index in [0.29, 0.717) is 48.2 Å². The number of guanidine groups is 1. The summed E-state index contributed by atoms with van der Waals surface area (Å²) in [7, 11) is 1.91. The molecular weight excluding hydrogens is 576 g/mol. The maximum Gasteiger partial charge on any atom is 0.437 e. The lowest BCUT2D eigenvalue weighted by Crippen LogP contribution is -2.48.